The lowest BCUT2D eigenvalue weighted by atomic mass is 9.97. The first-order chi connectivity index (χ1) is 16.5. The van der Waals surface area contributed by atoms with Gasteiger partial charge in [0.05, 0.1) is 11.4 Å². The van der Waals surface area contributed by atoms with Gasteiger partial charge in [-0.1, -0.05) is 68.1 Å². The van der Waals surface area contributed by atoms with Crippen molar-refractivity contribution in [2.24, 2.45) is 16.5 Å². The van der Waals surface area contributed by atoms with Crippen molar-refractivity contribution in [3.8, 4) is 11.3 Å². The molecule has 1 amide bonds. The van der Waals surface area contributed by atoms with E-state index in [-0.39, 0.29) is 17.8 Å². The summed E-state index contributed by atoms with van der Waals surface area (Å²) in [6.45, 7) is 2.36. The van der Waals surface area contributed by atoms with Crippen molar-refractivity contribution in [2.75, 3.05) is 0 Å². The second-order valence-corrected chi connectivity index (χ2v) is 8.84. The number of carbonyl (C=O) groups excluding carboxylic acids is 1. The molecule has 5 N–H and O–H groups in total. The molecule has 1 fully saturated rings. The Hall–Kier alpha value is -3.74. The van der Waals surface area contributed by atoms with Crippen LogP contribution < -0.4 is 16.8 Å². The van der Waals surface area contributed by atoms with E-state index in [4.69, 9.17) is 21.4 Å². The van der Waals surface area contributed by atoms with E-state index in [1.165, 1.54) is 25.7 Å². The highest BCUT2D eigenvalue weighted by atomic mass is 16.1. The lowest BCUT2D eigenvalue weighted by molar-refractivity contribution is 0.0944. The molecule has 1 aromatic heterocycles. The van der Waals surface area contributed by atoms with E-state index in [1.54, 1.807) is 0 Å². The number of guanidine groups is 1. The Morgan fingerprint density at radius 3 is 2.29 bits per heavy atom. The van der Waals surface area contributed by atoms with Crippen molar-refractivity contribution in [1.29, 1.82) is 0 Å². The van der Waals surface area contributed by atoms with Crippen molar-refractivity contribution in [2.45, 2.75) is 57.9 Å². The molecule has 176 valence electrons. The molecule has 1 heterocycles. The van der Waals surface area contributed by atoms with Crippen LogP contribution >= 0.6 is 0 Å². The van der Waals surface area contributed by atoms with Gasteiger partial charge in [0.15, 0.2) is 5.96 Å². The normalized spacial score (nSPS) is 14.3. The van der Waals surface area contributed by atoms with Crippen molar-refractivity contribution >= 4 is 17.6 Å². The molecule has 0 atom stereocenters. The molecule has 3 aromatic rings. The van der Waals surface area contributed by atoms with E-state index in [2.05, 4.69) is 10.3 Å². The Morgan fingerprint density at radius 2 is 1.65 bits per heavy atom. The first-order valence-corrected chi connectivity index (χ1v) is 11.9. The number of hydrogen-bond acceptors (Lipinski definition) is 4. The predicted molar refractivity (Wildman–Crippen MR) is 136 cm³/mol. The maximum atomic E-state index is 13.3. The van der Waals surface area contributed by atoms with Gasteiger partial charge in [-0.2, -0.15) is 0 Å². The Labute approximate surface area is 200 Å². The van der Waals surface area contributed by atoms with Crippen molar-refractivity contribution in [1.82, 2.24) is 15.3 Å². The van der Waals surface area contributed by atoms with Crippen LogP contribution in [0.2, 0.25) is 0 Å². The first-order valence-electron chi connectivity index (χ1n) is 11.9. The number of rotatable bonds is 6. The van der Waals surface area contributed by atoms with E-state index in [0.717, 1.165) is 41.1 Å². The van der Waals surface area contributed by atoms with Crippen LogP contribution in [0.5, 0.6) is 0 Å². The van der Waals surface area contributed by atoms with Gasteiger partial charge in [0.25, 0.3) is 5.91 Å². The van der Waals surface area contributed by atoms with Gasteiger partial charge in [-0.05, 0) is 37.5 Å². The Kier molecular flexibility index (Phi) is 7.52. The average Bonchev–Trinajstić information content (AvgIpc) is 3.13. The molecule has 4 rings (SSSR count). The van der Waals surface area contributed by atoms with E-state index >= 15 is 0 Å². The minimum absolute atomic E-state index is 0.0130. The Balaban J connectivity index is 1.70. The first kappa shape index (κ1) is 23.4. The number of carbonyl (C=O) groups is 1. The van der Waals surface area contributed by atoms with Crippen molar-refractivity contribution in [3.05, 3.63) is 77.2 Å². The van der Waals surface area contributed by atoms with Gasteiger partial charge in [0, 0.05) is 23.6 Å². The van der Waals surface area contributed by atoms with Crippen LogP contribution in [0.15, 0.2) is 59.6 Å². The number of benzene rings is 2. The number of nitrogens with one attached hydrogen (secondary N) is 1. The van der Waals surface area contributed by atoms with Gasteiger partial charge < -0.3 is 16.8 Å². The van der Waals surface area contributed by atoms with Gasteiger partial charge >= 0.3 is 0 Å². The summed E-state index contributed by atoms with van der Waals surface area (Å²) in [5, 5.41) is 3.03. The highest BCUT2D eigenvalue weighted by Crippen LogP contribution is 2.33. The highest BCUT2D eigenvalue weighted by Gasteiger charge is 2.23. The van der Waals surface area contributed by atoms with E-state index in [0.29, 0.717) is 17.9 Å². The fourth-order valence-electron chi connectivity index (χ4n) is 4.46. The third-order valence-corrected chi connectivity index (χ3v) is 6.29. The molecule has 0 unspecified atom stereocenters. The van der Waals surface area contributed by atoms with E-state index < -0.39 is 0 Å². The summed E-state index contributed by atoms with van der Waals surface area (Å²) >= 11 is 0. The van der Waals surface area contributed by atoms with Crippen LogP contribution in [0.3, 0.4) is 0 Å². The van der Waals surface area contributed by atoms with Crippen molar-refractivity contribution < 1.29 is 4.79 Å². The molecular formula is C27H32N6O. The summed E-state index contributed by atoms with van der Waals surface area (Å²) in [6.07, 6.45) is 6.92. The highest BCUT2D eigenvalue weighted by molar-refractivity contribution is 5.95. The average molecular weight is 457 g/mol. The number of nitrogens with two attached hydrogens (primary N) is 2. The smallest absolute Gasteiger partial charge is 0.270 e. The van der Waals surface area contributed by atoms with Gasteiger partial charge in [-0.15, -0.1) is 0 Å². The van der Waals surface area contributed by atoms with Gasteiger partial charge in [0.2, 0.25) is 0 Å². The summed E-state index contributed by atoms with van der Waals surface area (Å²) in [6, 6.07) is 17.4. The lowest BCUT2D eigenvalue weighted by Gasteiger charge is -2.18. The fraction of sp³-hybridized carbons (Fsp3) is 0.333. The van der Waals surface area contributed by atoms with E-state index in [1.807, 2.05) is 61.5 Å². The molecule has 2 aromatic carbocycles. The monoisotopic (exact) mass is 456 g/mol. The van der Waals surface area contributed by atoms with Gasteiger partial charge in [-0.25, -0.2) is 15.0 Å². The summed E-state index contributed by atoms with van der Waals surface area (Å²) in [4.78, 5) is 27.1. The minimum atomic E-state index is -0.183. The molecule has 1 saturated carbocycles. The fourth-order valence-corrected chi connectivity index (χ4v) is 4.46. The van der Waals surface area contributed by atoms with Crippen LogP contribution in [0, 0.1) is 6.92 Å². The molecule has 0 aliphatic heterocycles. The second-order valence-electron chi connectivity index (χ2n) is 8.84. The maximum absolute atomic E-state index is 13.3. The summed E-state index contributed by atoms with van der Waals surface area (Å²) in [5.74, 6) is 0.861. The molecule has 0 saturated heterocycles. The Bertz CT molecular complexity index is 1150. The minimum Gasteiger partial charge on any atom is -0.370 e. The molecule has 0 radical (unpaired) electrons. The quantitative estimate of drug-likeness (QED) is 0.282. The molecule has 7 nitrogen and oxygen atoms in total. The summed E-state index contributed by atoms with van der Waals surface area (Å²) in [7, 11) is 0. The van der Waals surface area contributed by atoms with Crippen LogP contribution in [-0.4, -0.2) is 21.8 Å². The van der Waals surface area contributed by atoms with Gasteiger partial charge in [-0.3, -0.25) is 4.79 Å². The van der Waals surface area contributed by atoms with Crippen LogP contribution in [0.4, 0.5) is 5.69 Å². The van der Waals surface area contributed by atoms with Crippen molar-refractivity contribution in [3.63, 3.8) is 0 Å². The zero-order valence-corrected chi connectivity index (χ0v) is 19.6. The van der Waals surface area contributed by atoms with Gasteiger partial charge in [0.1, 0.15) is 11.5 Å². The lowest BCUT2D eigenvalue weighted by Crippen LogP contribution is -2.26. The zero-order valence-electron chi connectivity index (χ0n) is 19.6. The molecule has 34 heavy (non-hydrogen) atoms. The molecular weight excluding hydrogens is 424 g/mol. The molecule has 0 bridgehead atoms. The largest absolute Gasteiger partial charge is 0.370 e. The summed E-state index contributed by atoms with van der Waals surface area (Å²) < 4.78 is 0. The topological polar surface area (TPSA) is 119 Å². The van der Waals surface area contributed by atoms with Crippen LogP contribution in [-0.2, 0) is 6.54 Å². The molecule has 1 aliphatic rings. The van der Waals surface area contributed by atoms with Crippen LogP contribution in [0.25, 0.3) is 11.3 Å². The SMILES string of the molecule is Cc1c(C(=O)NCc2ccccc2)nc(C2CCCCCC2)nc1-c1ccc(N=C(N)N)cc1. The number of nitrogens with zero attached hydrogens (tertiary/aromatic N) is 3. The number of aromatic nitrogens is 2. The van der Waals surface area contributed by atoms with E-state index in [9.17, 15) is 4.79 Å². The molecule has 7 heteroatoms. The second kappa shape index (κ2) is 10.9. The molecule has 1 aliphatic carbocycles. The standard InChI is InChI=1S/C27H32N6O/c1-18-23(20-13-15-22(16-14-20)31-27(28)29)32-25(21-11-7-2-3-8-12-21)33-24(18)26(34)30-17-19-9-5-4-6-10-19/h4-6,9-10,13-16,21H,2-3,7-8,11-12,17H2,1H3,(H,30,34)(H4,28,29,31). The maximum Gasteiger partial charge on any atom is 0.270 e. The Morgan fingerprint density at radius 1 is 0.971 bits per heavy atom. The third kappa shape index (κ3) is 5.78. The number of hydrogen-bond donors (Lipinski definition) is 3. The summed E-state index contributed by atoms with van der Waals surface area (Å²) in [5.41, 5.74) is 15.6. The third-order valence-electron chi connectivity index (χ3n) is 6.29. The number of amides is 1. The predicted octanol–water partition coefficient (Wildman–Crippen LogP) is 4.72. The number of aliphatic imine (C=N–C) groups is 1. The van der Waals surface area contributed by atoms with Crippen LogP contribution in [0.1, 0.15) is 71.9 Å². The zero-order chi connectivity index (χ0) is 23.9. The molecule has 0 spiro atoms.